The first kappa shape index (κ1) is 15.3. The molecule has 0 aliphatic rings. The summed E-state index contributed by atoms with van der Waals surface area (Å²) >= 11 is 0. The molecular weight excluding hydrogens is 305 g/mol. The number of benzene rings is 2. The molecule has 0 aliphatic carbocycles. The maximum atomic E-state index is 13.5. The van der Waals surface area contributed by atoms with E-state index in [1.165, 1.54) is 0 Å². The maximum Gasteiger partial charge on any atom is 0.246 e. The number of sulfonamides is 1. The van der Waals surface area contributed by atoms with Gasteiger partial charge in [-0.3, -0.25) is 0 Å². The first-order valence-corrected chi connectivity index (χ1v) is 7.26. The summed E-state index contributed by atoms with van der Waals surface area (Å²) < 4.78 is 65.5. The van der Waals surface area contributed by atoms with Crippen LogP contribution in [0.3, 0.4) is 0 Å². The Morgan fingerprint density at radius 3 is 2.05 bits per heavy atom. The zero-order valence-corrected chi connectivity index (χ0v) is 11.4. The lowest BCUT2D eigenvalue weighted by molar-refractivity contribution is 0.493. The van der Waals surface area contributed by atoms with Crippen LogP contribution < -0.4 is 10.5 Å². The molecular formula is C13H11F3N2O2S. The van der Waals surface area contributed by atoms with Crippen LogP contribution in [0.5, 0.6) is 0 Å². The van der Waals surface area contributed by atoms with Crippen molar-refractivity contribution in [3.05, 3.63) is 59.4 Å². The summed E-state index contributed by atoms with van der Waals surface area (Å²) in [6.45, 7) is -0.182. The fourth-order valence-corrected chi connectivity index (χ4v) is 2.80. The molecule has 4 nitrogen and oxygen atoms in total. The highest BCUT2D eigenvalue weighted by molar-refractivity contribution is 7.89. The molecule has 0 saturated heterocycles. The summed E-state index contributed by atoms with van der Waals surface area (Å²) in [5, 5.41) is 0. The number of nitrogen functional groups attached to an aromatic ring is 1. The quantitative estimate of drug-likeness (QED) is 0.849. The number of rotatable bonds is 4. The molecule has 0 radical (unpaired) electrons. The lowest BCUT2D eigenvalue weighted by atomic mass is 10.2. The van der Waals surface area contributed by atoms with Crippen LogP contribution in [0.4, 0.5) is 18.9 Å². The van der Waals surface area contributed by atoms with Gasteiger partial charge in [-0.25, -0.2) is 26.3 Å². The lowest BCUT2D eigenvalue weighted by Crippen LogP contribution is -2.25. The lowest BCUT2D eigenvalue weighted by Gasteiger charge is -2.09. The molecule has 0 amide bonds. The van der Waals surface area contributed by atoms with E-state index in [0.717, 1.165) is 0 Å². The monoisotopic (exact) mass is 316 g/mol. The Morgan fingerprint density at radius 1 is 1.00 bits per heavy atom. The Balaban J connectivity index is 2.25. The zero-order chi connectivity index (χ0) is 15.6. The summed E-state index contributed by atoms with van der Waals surface area (Å²) in [5.74, 6) is -4.17. The molecule has 0 fully saturated rings. The molecule has 0 heterocycles. The number of anilines is 1. The molecule has 0 atom stereocenters. The van der Waals surface area contributed by atoms with Crippen LogP contribution in [-0.2, 0) is 16.6 Å². The molecule has 0 bridgehead atoms. The summed E-state index contributed by atoms with van der Waals surface area (Å²) in [6, 6.07) is 6.86. The summed E-state index contributed by atoms with van der Waals surface area (Å²) in [6.07, 6.45) is 0. The van der Waals surface area contributed by atoms with Crippen LogP contribution >= 0.6 is 0 Å². The van der Waals surface area contributed by atoms with Gasteiger partial charge in [0.1, 0.15) is 17.5 Å². The van der Waals surface area contributed by atoms with Gasteiger partial charge in [0.05, 0.1) is 0 Å². The van der Waals surface area contributed by atoms with Crippen LogP contribution in [0.15, 0.2) is 41.3 Å². The fraction of sp³-hybridized carbons (Fsp3) is 0.0769. The van der Waals surface area contributed by atoms with Crippen molar-refractivity contribution < 1.29 is 21.6 Å². The highest BCUT2D eigenvalue weighted by atomic mass is 32.2. The molecule has 3 N–H and O–H groups in total. The first-order chi connectivity index (χ1) is 9.79. The van der Waals surface area contributed by atoms with Crippen LogP contribution in [0.25, 0.3) is 0 Å². The van der Waals surface area contributed by atoms with Crippen LogP contribution in [0.2, 0.25) is 0 Å². The third-order valence-corrected chi connectivity index (χ3v) is 4.13. The minimum Gasteiger partial charge on any atom is -0.399 e. The molecule has 8 heteroatoms. The van der Waals surface area contributed by atoms with E-state index in [2.05, 4.69) is 0 Å². The van der Waals surface area contributed by atoms with E-state index in [4.69, 9.17) is 5.73 Å². The van der Waals surface area contributed by atoms with Crippen molar-refractivity contribution in [2.45, 2.75) is 11.4 Å². The molecule has 0 spiro atoms. The topological polar surface area (TPSA) is 72.2 Å². The normalized spacial score (nSPS) is 11.6. The Bertz CT molecular complexity index is 738. The molecule has 112 valence electrons. The van der Waals surface area contributed by atoms with Crippen molar-refractivity contribution in [2.75, 3.05) is 5.73 Å². The Labute approximate surface area is 119 Å². The molecule has 0 unspecified atom stereocenters. The van der Waals surface area contributed by atoms with Crippen molar-refractivity contribution in [1.82, 2.24) is 4.72 Å². The Kier molecular flexibility index (Phi) is 4.19. The van der Waals surface area contributed by atoms with E-state index in [-0.39, 0.29) is 6.54 Å². The minimum absolute atomic E-state index is 0.182. The molecule has 21 heavy (non-hydrogen) atoms. The second-order valence-corrected chi connectivity index (χ2v) is 5.97. The van der Waals surface area contributed by atoms with Gasteiger partial charge in [0.15, 0.2) is 4.90 Å². The number of hydrogen-bond acceptors (Lipinski definition) is 3. The highest BCUT2D eigenvalue weighted by Crippen LogP contribution is 2.20. The van der Waals surface area contributed by atoms with Gasteiger partial charge in [-0.15, -0.1) is 0 Å². The maximum absolute atomic E-state index is 13.5. The van der Waals surface area contributed by atoms with E-state index in [1.54, 1.807) is 24.3 Å². The molecule has 2 aromatic carbocycles. The predicted octanol–water partition coefficient (Wildman–Crippen LogP) is 2.16. The molecule has 0 saturated carbocycles. The number of hydrogen-bond donors (Lipinski definition) is 2. The first-order valence-electron chi connectivity index (χ1n) is 5.78. The third kappa shape index (κ3) is 3.53. The van der Waals surface area contributed by atoms with Gasteiger partial charge in [-0.05, 0) is 17.7 Å². The SMILES string of the molecule is Nc1ccc(CNS(=O)(=O)c2c(F)cc(F)cc2F)cc1. The average molecular weight is 316 g/mol. The molecule has 0 aromatic heterocycles. The number of nitrogens with two attached hydrogens (primary N) is 1. The number of nitrogens with one attached hydrogen (secondary N) is 1. The van der Waals surface area contributed by atoms with Gasteiger partial charge in [0, 0.05) is 24.4 Å². The summed E-state index contributed by atoms with van der Waals surface area (Å²) in [4.78, 5) is -1.21. The van der Waals surface area contributed by atoms with E-state index in [9.17, 15) is 21.6 Å². The minimum atomic E-state index is -4.44. The fourth-order valence-electron chi connectivity index (χ4n) is 1.67. The zero-order valence-electron chi connectivity index (χ0n) is 10.6. The van der Waals surface area contributed by atoms with Crippen LogP contribution in [0.1, 0.15) is 5.56 Å². The standard InChI is InChI=1S/C13H11F3N2O2S/c14-9-5-11(15)13(12(16)6-9)21(19,20)18-7-8-1-3-10(17)4-2-8/h1-6,18H,7,17H2. The highest BCUT2D eigenvalue weighted by Gasteiger charge is 2.24. The van der Waals surface area contributed by atoms with Crippen molar-refractivity contribution >= 4 is 15.7 Å². The second kappa shape index (κ2) is 5.74. The van der Waals surface area contributed by atoms with Crippen molar-refractivity contribution in [3.63, 3.8) is 0 Å². The molecule has 2 aromatic rings. The van der Waals surface area contributed by atoms with Gasteiger partial charge in [0.2, 0.25) is 10.0 Å². The van der Waals surface area contributed by atoms with E-state index >= 15 is 0 Å². The van der Waals surface area contributed by atoms with E-state index in [0.29, 0.717) is 23.4 Å². The Hall–Kier alpha value is -2.06. The van der Waals surface area contributed by atoms with E-state index < -0.39 is 32.4 Å². The van der Waals surface area contributed by atoms with Gasteiger partial charge >= 0.3 is 0 Å². The predicted molar refractivity (Wildman–Crippen MR) is 71.2 cm³/mol. The average Bonchev–Trinajstić information content (AvgIpc) is 2.36. The van der Waals surface area contributed by atoms with Gasteiger partial charge < -0.3 is 5.73 Å². The van der Waals surface area contributed by atoms with Crippen LogP contribution in [0, 0.1) is 17.5 Å². The Morgan fingerprint density at radius 2 is 1.52 bits per heavy atom. The third-order valence-electron chi connectivity index (χ3n) is 2.68. The van der Waals surface area contributed by atoms with Crippen molar-refractivity contribution in [2.24, 2.45) is 0 Å². The number of halogens is 3. The van der Waals surface area contributed by atoms with Crippen molar-refractivity contribution in [1.29, 1.82) is 0 Å². The van der Waals surface area contributed by atoms with Gasteiger partial charge in [0.25, 0.3) is 0 Å². The molecule has 0 aliphatic heterocycles. The van der Waals surface area contributed by atoms with Gasteiger partial charge in [-0.2, -0.15) is 0 Å². The largest absolute Gasteiger partial charge is 0.399 e. The summed E-state index contributed by atoms with van der Waals surface area (Å²) in [5.41, 5.74) is 6.53. The van der Waals surface area contributed by atoms with Crippen LogP contribution in [-0.4, -0.2) is 8.42 Å². The summed E-state index contributed by atoms with van der Waals surface area (Å²) in [7, 11) is -4.44. The second-order valence-electron chi connectivity index (χ2n) is 4.26. The van der Waals surface area contributed by atoms with Crippen molar-refractivity contribution in [3.8, 4) is 0 Å². The molecule has 2 rings (SSSR count). The smallest absolute Gasteiger partial charge is 0.246 e. The van der Waals surface area contributed by atoms with E-state index in [1.807, 2.05) is 4.72 Å². The van der Waals surface area contributed by atoms with Gasteiger partial charge in [-0.1, -0.05) is 12.1 Å².